The van der Waals surface area contributed by atoms with Crippen LogP contribution in [0.15, 0.2) is 71.4 Å². The molecule has 156 valence electrons. The molecule has 0 spiro atoms. The number of quaternary nitrogens is 1. The van der Waals surface area contributed by atoms with Crippen molar-refractivity contribution in [2.75, 3.05) is 11.4 Å². The maximum absolute atomic E-state index is 12.9. The minimum absolute atomic E-state index is 0.329. The molecule has 0 radical (unpaired) electrons. The first-order valence-corrected chi connectivity index (χ1v) is 9.99. The minimum Gasteiger partial charge on any atom is -0.337 e. The molecule has 2 amide bonds. The summed E-state index contributed by atoms with van der Waals surface area (Å²) in [7, 11) is 0. The SMILES string of the molecule is C/C=C(\C=C(/C)Cl)CCNC(=O)N(c1ccccc1)c1ncccc1[NH2+]O.CC. The summed E-state index contributed by atoms with van der Waals surface area (Å²) < 4.78 is 0. The van der Waals surface area contributed by atoms with Gasteiger partial charge in [0.25, 0.3) is 0 Å². The number of nitrogens with zero attached hydrogens (tertiary/aromatic N) is 2. The average molecular weight is 418 g/mol. The van der Waals surface area contributed by atoms with Crippen molar-refractivity contribution in [3.63, 3.8) is 0 Å². The minimum atomic E-state index is -0.329. The molecule has 0 bridgehead atoms. The number of amides is 2. The average Bonchev–Trinajstić information content (AvgIpc) is 2.75. The van der Waals surface area contributed by atoms with E-state index < -0.39 is 0 Å². The molecule has 2 rings (SSSR count). The van der Waals surface area contributed by atoms with Gasteiger partial charge in [0, 0.05) is 23.8 Å². The Balaban J connectivity index is 0.00000204. The first-order valence-electron chi connectivity index (χ1n) is 9.61. The number of para-hydroxylation sites is 1. The number of aromatic nitrogens is 1. The molecule has 1 aromatic carbocycles. The van der Waals surface area contributed by atoms with E-state index in [4.69, 9.17) is 11.6 Å². The van der Waals surface area contributed by atoms with Gasteiger partial charge in [-0.25, -0.2) is 19.9 Å². The molecular weight excluding hydrogens is 388 g/mol. The lowest BCUT2D eigenvalue weighted by molar-refractivity contribution is -0.825. The summed E-state index contributed by atoms with van der Waals surface area (Å²) >= 11 is 5.93. The van der Waals surface area contributed by atoms with Crippen LogP contribution in [0.5, 0.6) is 0 Å². The molecule has 2 aromatic rings. The third-order valence-electron chi connectivity index (χ3n) is 3.83. The van der Waals surface area contributed by atoms with E-state index >= 15 is 0 Å². The number of carbonyl (C=O) groups excluding carboxylic acids is 1. The molecular formula is C22H30ClN4O2+. The van der Waals surface area contributed by atoms with Crippen molar-refractivity contribution in [3.05, 3.63) is 71.4 Å². The molecule has 1 heterocycles. The second kappa shape index (κ2) is 13.5. The molecule has 0 aliphatic rings. The van der Waals surface area contributed by atoms with Gasteiger partial charge in [0.2, 0.25) is 11.5 Å². The van der Waals surface area contributed by atoms with Gasteiger partial charge in [-0.1, -0.05) is 49.7 Å². The molecule has 6 nitrogen and oxygen atoms in total. The van der Waals surface area contributed by atoms with Crippen molar-refractivity contribution >= 4 is 34.8 Å². The Bertz CT molecular complexity index is 819. The van der Waals surface area contributed by atoms with Crippen LogP contribution in [0.4, 0.5) is 22.0 Å². The van der Waals surface area contributed by atoms with E-state index in [0.29, 0.717) is 35.2 Å². The van der Waals surface area contributed by atoms with Gasteiger partial charge in [-0.2, -0.15) is 5.48 Å². The van der Waals surface area contributed by atoms with E-state index in [0.717, 1.165) is 11.1 Å². The van der Waals surface area contributed by atoms with Crippen molar-refractivity contribution in [3.8, 4) is 0 Å². The van der Waals surface area contributed by atoms with Crippen molar-refractivity contribution in [1.29, 1.82) is 0 Å². The lowest BCUT2D eigenvalue weighted by atomic mass is 10.1. The van der Waals surface area contributed by atoms with E-state index in [2.05, 4.69) is 10.3 Å². The summed E-state index contributed by atoms with van der Waals surface area (Å²) in [6, 6.07) is 12.2. The fraction of sp³-hybridized carbons (Fsp3) is 0.273. The number of nitrogens with two attached hydrogens (primary N) is 1. The molecule has 0 atom stereocenters. The first-order chi connectivity index (χ1) is 14.1. The number of nitrogens with one attached hydrogen (secondary N) is 1. The lowest BCUT2D eigenvalue weighted by Gasteiger charge is -2.22. The van der Waals surface area contributed by atoms with Gasteiger partial charge in [-0.15, -0.1) is 0 Å². The summed E-state index contributed by atoms with van der Waals surface area (Å²) in [4.78, 5) is 18.6. The number of hydrogen-bond donors (Lipinski definition) is 3. The van der Waals surface area contributed by atoms with Crippen LogP contribution in [-0.2, 0) is 0 Å². The maximum Gasteiger partial charge on any atom is 0.327 e. The topological polar surface area (TPSA) is 82.1 Å². The van der Waals surface area contributed by atoms with Crippen LogP contribution in [-0.4, -0.2) is 22.8 Å². The van der Waals surface area contributed by atoms with Crippen LogP contribution in [0.1, 0.15) is 34.1 Å². The molecule has 29 heavy (non-hydrogen) atoms. The Morgan fingerprint density at radius 2 is 1.93 bits per heavy atom. The molecule has 0 saturated heterocycles. The Labute approximate surface area is 177 Å². The predicted molar refractivity (Wildman–Crippen MR) is 119 cm³/mol. The Morgan fingerprint density at radius 3 is 2.52 bits per heavy atom. The fourth-order valence-corrected chi connectivity index (χ4v) is 2.70. The monoisotopic (exact) mass is 417 g/mol. The van der Waals surface area contributed by atoms with Crippen LogP contribution in [0, 0.1) is 0 Å². The molecule has 0 saturated carbocycles. The van der Waals surface area contributed by atoms with Crippen LogP contribution < -0.4 is 15.7 Å². The van der Waals surface area contributed by atoms with E-state index in [1.165, 1.54) is 4.90 Å². The standard InChI is InChI=1S/C20H23ClN4O2.C2H6/c1-3-16(14-15(2)21)11-13-23-20(26)25(17-8-5-4-6-9-17)19-18(24-27)10-7-12-22-19;1-2/h3-10,12,14,24,27H,11,13H2,1-2H3,(H,23,26);1-2H3/p+1/b15-14+,16-3-;. The van der Waals surface area contributed by atoms with Crippen LogP contribution >= 0.6 is 11.6 Å². The van der Waals surface area contributed by atoms with Crippen molar-refractivity contribution < 1.29 is 15.5 Å². The van der Waals surface area contributed by atoms with Crippen molar-refractivity contribution in [2.24, 2.45) is 0 Å². The highest BCUT2D eigenvalue weighted by molar-refractivity contribution is 6.29. The van der Waals surface area contributed by atoms with Crippen LogP contribution in [0.25, 0.3) is 0 Å². The van der Waals surface area contributed by atoms with Gasteiger partial charge < -0.3 is 5.32 Å². The van der Waals surface area contributed by atoms with E-state index in [1.54, 1.807) is 18.3 Å². The molecule has 0 aliphatic carbocycles. The number of urea groups is 1. The van der Waals surface area contributed by atoms with Gasteiger partial charge >= 0.3 is 6.03 Å². The Kier molecular flexibility index (Phi) is 11.3. The molecule has 0 fully saturated rings. The normalized spacial score (nSPS) is 11.4. The number of carbonyl (C=O) groups is 1. The summed E-state index contributed by atoms with van der Waals surface area (Å²) in [5, 5.41) is 13.1. The number of anilines is 2. The zero-order valence-corrected chi connectivity index (χ0v) is 18.1. The van der Waals surface area contributed by atoms with E-state index in [-0.39, 0.29) is 6.03 Å². The Morgan fingerprint density at radius 1 is 1.24 bits per heavy atom. The highest BCUT2D eigenvalue weighted by Gasteiger charge is 2.23. The second-order valence-corrected chi connectivity index (χ2v) is 6.39. The third-order valence-corrected chi connectivity index (χ3v) is 3.94. The third kappa shape index (κ3) is 7.69. The Hall–Kier alpha value is -2.67. The summed E-state index contributed by atoms with van der Waals surface area (Å²) in [6.07, 6.45) is 6.07. The zero-order valence-electron chi connectivity index (χ0n) is 17.4. The smallest absolute Gasteiger partial charge is 0.327 e. The van der Waals surface area contributed by atoms with Crippen LogP contribution in [0.2, 0.25) is 0 Å². The second-order valence-electron chi connectivity index (χ2n) is 5.79. The van der Waals surface area contributed by atoms with Crippen LogP contribution in [0.3, 0.4) is 0 Å². The number of hydrogen-bond acceptors (Lipinski definition) is 3. The van der Waals surface area contributed by atoms with Gasteiger partial charge in [-0.3, -0.25) is 0 Å². The molecule has 0 unspecified atom stereocenters. The zero-order chi connectivity index (χ0) is 21.6. The number of allylic oxidation sites excluding steroid dienone is 3. The number of pyridine rings is 1. The number of benzene rings is 1. The molecule has 7 heteroatoms. The highest BCUT2D eigenvalue weighted by atomic mass is 35.5. The maximum atomic E-state index is 12.9. The van der Waals surface area contributed by atoms with Crippen molar-refractivity contribution in [1.82, 2.24) is 10.3 Å². The highest BCUT2D eigenvalue weighted by Crippen LogP contribution is 2.27. The summed E-state index contributed by atoms with van der Waals surface area (Å²) in [6.45, 7) is 8.18. The van der Waals surface area contributed by atoms with Gasteiger partial charge in [0.05, 0.1) is 5.69 Å². The molecule has 4 N–H and O–H groups in total. The molecule has 0 aliphatic heterocycles. The van der Waals surface area contributed by atoms with E-state index in [9.17, 15) is 10.0 Å². The number of halogens is 1. The van der Waals surface area contributed by atoms with Gasteiger partial charge in [-0.05, 0) is 50.1 Å². The quantitative estimate of drug-likeness (QED) is 0.437. The van der Waals surface area contributed by atoms with Gasteiger partial charge in [0.1, 0.15) is 0 Å². The first kappa shape index (κ1) is 24.4. The summed E-state index contributed by atoms with van der Waals surface area (Å²) in [5.41, 5.74) is 3.08. The molecule has 1 aromatic heterocycles. The summed E-state index contributed by atoms with van der Waals surface area (Å²) in [5.74, 6) is 0.353. The van der Waals surface area contributed by atoms with Crippen molar-refractivity contribution in [2.45, 2.75) is 34.1 Å². The fourth-order valence-electron chi connectivity index (χ4n) is 2.56. The predicted octanol–water partition coefficient (Wildman–Crippen LogP) is 5.02. The van der Waals surface area contributed by atoms with Gasteiger partial charge in [0.15, 0.2) is 0 Å². The number of rotatable bonds is 7. The van der Waals surface area contributed by atoms with E-state index in [1.807, 2.05) is 70.2 Å². The largest absolute Gasteiger partial charge is 0.337 e. The lowest BCUT2D eigenvalue weighted by Crippen LogP contribution is -2.74.